The van der Waals surface area contributed by atoms with E-state index in [1.165, 1.54) is 6.07 Å². The zero-order chi connectivity index (χ0) is 14.4. The van der Waals surface area contributed by atoms with Gasteiger partial charge in [-0.05, 0) is 12.1 Å². The highest BCUT2D eigenvalue weighted by Crippen LogP contribution is 2.28. The molecule has 0 radical (unpaired) electrons. The number of quaternary nitrogens is 1. The van der Waals surface area contributed by atoms with E-state index in [2.05, 4.69) is 5.32 Å². The van der Waals surface area contributed by atoms with Gasteiger partial charge in [-0.25, -0.2) is 0 Å². The summed E-state index contributed by atoms with van der Waals surface area (Å²) in [4.78, 5) is 11.3. The van der Waals surface area contributed by atoms with Crippen molar-refractivity contribution in [2.75, 3.05) is 13.1 Å². The monoisotopic (exact) mass is 304 g/mol. The molecule has 0 heterocycles. The quantitative estimate of drug-likeness (QED) is 0.767. The van der Waals surface area contributed by atoms with Gasteiger partial charge in [0, 0.05) is 21.5 Å². The van der Waals surface area contributed by atoms with Crippen LogP contribution in [-0.2, 0) is 11.3 Å². The Morgan fingerprint density at radius 1 is 1.42 bits per heavy atom. The van der Waals surface area contributed by atoms with Gasteiger partial charge >= 0.3 is 0 Å². The van der Waals surface area contributed by atoms with Crippen molar-refractivity contribution in [3.8, 4) is 5.75 Å². The first kappa shape index (κ1) is 16.1. The van der Waals surface area contributed by atoms with Crippen LogP contribution in [0.4, 0.5) is 0 Å². The minimum absolute atomic E-state index is 0.0139. The molecule has 106 valence electrons. The third-order valence-corrected chi connectivity index (χ3v) is 3.12. The second kappa shape index (κ2) is 7.58. The zero-order valence-electron chi connectivity index (χ0n) is 11.0. The van der Waals surface area contributed by atoms with E-state index in [4.69, 9.17) is 23.2 Å². The van der Waals surface area contributed by atoms with E-state index in [0.29, 0.717) is 30.2 Å². The van der Waals surface area contributed by atoms with Gasteiger partial charge in [0.15, 0.2) is 0 Å². The highest BCUT2D eigenvalue weighted by atomic mass is 35.5. The molecular weight excluding hydrogens is 287 g/mol. The smallest absolute Gasteiger partial charge is 0.222 e. The van der Waals surface area contributed by atoms with Crippen molar-refractivity contribution in [1.82, 2.24) is 5.32 Å². The number of hydrogen-bond acceptors (Lipinski definition) is 2. The minimum Gasteiger partial charge on any atom is -0.871 e. The Balaban J connectivity index is 2.36. The molecule has 3 N–H and O–H groups in total. The standard InChI is InChI=1S/C13H18Cl2N2O2/c1-8(2)13(19)17-4-3-16-7-9-5-10(14)6-11(15)12(9)18/h5-6,8,16,18H,3-4,7H2,1-2H3,(H,17,19). The molecule has 1 amide bonds. The van der Waals surface area contributed by atoms with Crippen molar-refractivity contribution < 1.29 is 15.2 Å². The van der Waals surface area contributed by atoms with E-state index in [-0.39, 0.29) is 22.6 Å². The van der Waals surface area contributed by atoms with Gasteiger partial charge < -0.3 is 15.7 Å². The van der Waals surface area contributed by atoms with Crippen molar-refractivity contribution in [1.29, 1.82) is 0 Å². The summed E-state index contributed by atoms with van der Waals surface area (Å²) in [7, 11) is 0. The first-order valence-corrected chi connectivity index (χ1v) is 6.91. The average molecular weight is 305 g/mol. The summed E-state index contributed by atoms with van der Waals surface area (Å²) in [6.45, 7) is 5.45. The molecule has 0 aliphatic heterocycles. The van der Waals surface area contributed by atoms with Gasteiger partial charge in [-0.15, -0.1) is 0 Å². The topological polar surface area (TPSA) is 68.8 Å². The molecular formula is C13H18Cl2N2O2. The molecule has 0 bridgehead atoms. The third-order valence-electron chi connectivity index (χ3n) is 2.62. The van der Waals surface area contributed by atoms with Crippen LogP contribution in [-0.4, -0.2) is 19.0 Å². The Kier molecular flexibility index (Phi) is 6.42. The maximum atomic E-state index is 11.7. The van der Waals surface area contributed by atoms with Crippen LogP contribution in [0.15, 0.2) is 12.1 Å². The lowest BCUT2D eigenvalue weighted by Gasteiger charge is -2.15. The molecule has 0 spiro atoms. The third kappa shape index (κ3) is 5.27. The van der Waals surface area contributed by atoms with Crippen LogP contribution in [0.2, 0.25) is 10.0 Å². The van der Waals surface area contributed by atoms with E-state index >= 15 is 0 Å². The van der Waals surface area contributed by atoms with Crippen LogP contribution in [0.5, 0.6) is 5.75 Å². The molecule has 0 fully saturated rings. The van der Waals surface area contributed by atoms with Gasteiger partial charge in [0.25, 0.3) is 0 Å². The number of rotatable bonds is 6. The van der Waals surface area contributed by atoms with Gasteiger partial charge in [0.05, 0.1) is 13.1 Å². The molecule has 0 aromatic heterocycles. The highest BCUT2D eigenvalue weighted by Gasteiger charge is 2.06. The predicted octanol–water partition coefficient (Wildman–Crippen LogP) is 0.903. The van der Waals surface area contributed by atoms with E-state index in [0.717, 1.165) is 0 Å². The number of amides is 1. The van der Waals surface area contributed by atoms with E-state index in [9.17, 15) is 9.90 Å². The molecule has 1 aromatic rings. The maximum Gasteiger partial charge on any atom is 0.222 e. The lowest BCUT2D eigenvalue weighted by molar-refractivity contribution is -0.669. The summed E-state index contributed by atoms with van der Waals surface area (Å²) >= 11 is 11.6. The fourth-order valence-corrected chi connectivity index (χ4v) is 2.06. The Labute approximate surface area is 123 Å². The Morgan fingerprint density at radius 2 is 2.11 bits per heavy atom. The Hall–Kier alpha value is -0.970. The highest BCUT2D eigenvalue weighted by molar-refractivity contribution is 6.35. The molecule has 0 aliphatic rings. The van der Waals surface area contributed by atoms with E-state index < -0.39 is 0 Å². The van der Waals surface area contributed by atoms with Crippen LogP contribution in [0.3, 0.4) is 0 Å². The van der Waals surface area contributed by atoms with Gasteiger partial charge in [-0.3, -0.25) is 4.79 Å². The molecule has 0 aliphatic carbocycles. The Morgan fingerprint density at radius 3 is 2.74 bits per heavy atom. The van der Waals surface area contributed by atoms with Gasteiger partial charge in [-0.1, -0.05) is 42.8 Å². The number of nitrogens with two attached hydrogens (primary N) is 1. The summed E-state index contributed by atoms with van der Waals surface area (Å²) in [6.07, 6.45) is 0. The van der Waals surface area contributed by atoms with Crippen molar-refractivity contribution >= 4 is 29.1 Å². The molecule has 19 heavy (non-hydrogen) atoms. The fraction of sp³-hybridized carbons (Fsp3) is 0.462. The van der Waals surface area contributed by atoms with Crippen LogP contribution in [0.1, 0.15) is 19.4 Å². The number of nitrogens with one attached hydrogen (secondary N) is 1. The molecule has 0 unspecified atom stereocenters. The number of halogens is 2. The SMILES string of the molecule is CC(C)C(=O)NCC[NH2+]Cc1cc(Cl)cc(Cl)c1[O-]. The normalized spacial score (nSPS) is 10.8. The molecule has 0 saturated carbocycles. The minimum atomic E-state index is -0.187. The van der Waals surface area contributed by atoms with Crippen molar-refractivity contribution in [3.05, 3.63) is 27.7 Å². The van der Waals surface area contributed by atoms with Gasteiger partial charge in [0.2, 0.25) is 5.91 Å². The molecule has 1 rings (SSSR count). The Bertz CT molecular complexity index is 451. The number of benzene rings is 1. The lowest BCUT2D eigenvalue weighted by atomic mass is 10.2. The molecule has 6 heteroatoms. The molecule has 0 saturated heterocycles. The van der Waals surface area contributed by atoms with Crippen LogP contribution in [0, 0.1) is 5.92 Å². The van der Waals surface area contributed by atoms with Crippen LogP contribution < -0.4 is 15.7 Å². The van der Waals surface area contributed by atoms with Crippen LogP contribution >= 0.6 is 23.2 Å². The maximum absolute atomic E-state index is 11.7. The summed E-state index contributed by atoms with van der Waals surface area (Å²) in [5.74, 6) is -0.169. The first-order chi connectivity index (χ1) is 8.91. The summed E-state index contributed by atoms with van der Waals surface area (Å²) in [5.41, 5.74) is 0.577. The van der Waals surface area contributed by atoms with Crippen molar-refractivity contribution in [2.45, 2.75) is 20.4 Å². The number of carbonyl (C=O) groups is 1. The van der Waals surface area contributed by atoms with E-state index in [1.807, 2.05) is 19.2 Å². The number of carbonyl (C=O) groups excluding carboxylic acids is 1. The molecule has 1 aromatic carbocycles. The average Bonchev–Trinajstić information content (AvgIpc) is 2.34. The van der Waals surface area contributed by atoms with E-state index in [1.54, 1.807) is 6.07 Å². The molecule has 4 nitrogen and oxygen atoms in total. The van der Waals surface area contributed by atoms with Gasteiger partial charge in [0.1, 0.15) is 6.54 Å². The van der Waals surface area contributed by atoms with Gasteiger partial charge in [-0.2, -0.15) is 0 Å². The summed E-state index contributed by atoms with van der Waals surface area (Å²) < 4.78 is 0. The lowest BCUT2D eigenvalue weighted by Crippen LogP contribution is -2.84. The van der Waals surface area contributed by atoms with Crippen LogP contribution in [0.25, 0.3) is 0 Å². The number of hydrogen-bond donors (Lipinski definition) is 2. The summed E-state index contributed by atoms with van der Waals surface area (Å²) in [5, 5.41) is 17.0. The second-order valence-corrected chi connectivity index (χ2v) is 5.45. The fourth-order valence-electron chi connectivity index (χ4n) is 1.52. The largest absolute Gasteiger partial charge is 0.871 e. The predicted molar refractivity (Wildman–Crippen MR) is 74.3 cm³/mol. The molecule has 0 atom stereocenters. The first-order valence-electron chi connectivity index (χ1n) is 6.16. The summed E-state index contributed by atoms with van der Waals surface area (Å²) in [6, 6.07) is 3.07. The van der Waals surface area contributed by atoms with Crippen molar-refractivity contribution in [2.24, 2.45) is 5.92 Å². The second-order valence-electron chi connectivity index (χ2n) is 4.60. The zero-order valence-corrected chi connectivity index (χ0v) is 12.5. The van der Waals surface area contributed by atoms with Crippen molar-refractivity contribution in [3.63, 3.8) is 0 Å².